The minimum absolute atomic E-state index is 0.0567. The van der Waals surface area contributed by atoms with E-state index in [1.54, 1.807) is 25.1 Å². The second kappa shape index (κ2) is 11.2. The highest BCUT2D eigenvalue weighted by Gasteiger charge is 2.18. The highest BCUT2D eigenvalue weighted by molar-refractivity contribution is 5.89. The Kier molecular flexibility index (Phi) is 8.65. The van der Waals surface area contributed by atoms with Crippen LogP contribution in [0.1, 0.15) is 52.4 Å². The maximum atomic E-state index is 12.3. The van der Waals surface area contributed by atoms with E-state index in [0.717, 1.165) is 19.3 Å². The van der Waals surface area contributed by atoms with E-state index in [4.69, 9.17) is 18.6 Å². The van der Waals surface area contributed by atoms with Gasteiger partial charge in [-0.25, -0.2) is 9.59 Å². The van der Waals surface area contributed by atoms with Gasteiger partial charge in [-0.1, -0.05) is 45.1 Å². The second-order valence-corrected chi connectivity index (χ2v) is 6.41. The van der Waals surface area contributed by atoms with Crippen molar-refractivity contribution in [2.24, 2.45) is 0 Å². The summed E-state index contributed by atoms with van der Waals surface area (Å²) in [6.07, 6.45) is 6.52. The molecule has 154 valence electrons. The molecule has 0 aliphatic carbocycles. The summed E-state index contributed by atoms with van der Waals surface area (Å²) in [4.78, 5) is 23.7. The highest BCUT2D eigenvalue weighted by atomic mass is 16.6. The standard InChI is InChI=1S/C21H28O7/c1-3-5-6-7-8-9-13-26-20-18(23)15-11-10-12-16(19(15)28-21(20)24)27-14-17(22)25-4-2/h10-12,23H,3-9,13-14H2,1-2H3. The van der Waals surface area contributed by atoms with Crippen molar-refractivity contribution < 1.29 is 28.5 Å². The summed E-state index contributed by atoms with van der Waals surface area (Å²) in [7, 11) is 0. The second-order valence-electron chi connectivity index (χ2n) is 6.41. The minimum Gasteiger partial charge on any atom is -0.504 e. The van der Waals surface area contributed by atoms with Gasteiger partial charge in [0, 0.05) is 0 Å². The number of esters is 1. The maximum Gasteiger partial charge on any atom is 0.383 e. The summed E-state index contributed by atoms with van der Waals surface area (Å²) < 4.78 is 20.9. The van der Waals surface area contributed by atoms with Crippen LogP contribution in [0.5, 0.6) is 17.2 Å². The molecule has 0 aliphatic heterocycles. The van der Waals surface area contributed by atoms with Crippen LogP contribution in [0, 0.1) is 0 Å². The molecule has 2 aromatic rings. The summed E-state index contributed by atoms with van der Waals surface area (Å²) in [5, 5.41) is 10.7. The molecule has 7 heteroatoms. The maximum absolute atomic E-state index is 12.3. The third kappa shape index (κ3) is 5.90. The SMILES string of the molecule is CCCCCCCCOc1c(O)c2cccc(OCC(=O)OCC)c2oc1=O. The Bertz CT molecular complexity index is 825. The molecule has 0 fully saturated rings. The first-order valence-electron chi connectivity index (χ1n) is 9.78. The zero-order valence-corrected chi connectivity index (χ0v) is 16.5. The zero-order valence-electron chi connectivity index (χ0n) is 16.5. The predicted octanol–water partition coefficient (Wildman–Crippen LogP) is 4.18. The molecule has 0 radical (unpaired) electrons. The molecule has 2 rings (SSSR count). The molecule has 0 atom stereocenters. The number of fused-ring (bicyclic) bond motifs is 1. The van der Waals surface area contributed by atoms with Gasteiger partial charge in [0.25, 0.3) is 0 Å². The molecule has 1 aromatic heterocycles. The monoisotopic (exact) mass is 392 g/mol. The zero-order chi connectivity index (χ0) is 20.4. The third-order valence-electron chi connectivity index (χ3n) is 4.22. The number of aromatic hydroxyl groups is 1. The van der Waals surface area contributed by atoms with E-state index in [2.05, 4.69) is 6.92 Å². The first-order valence-corrected chi connectivity index (χ1v) is 9.78. The number of hydrogen-bond acceptors (Lipinski definition) is 7. The van der Waals surface area contributed by atoms with Gasteiger partial charge in [0.1, 0.15) is 0 Å². The number of rotatable bonds is 12. The van der Waals surface area contributed by atoms with Crippen molar-refractivity contribution in [3.63, 3.8) is 0 Å². The topological polar surface area (TPSA) is 95.2 Å². The van der Waals surface area contributed by atoms with Crippen LogP contribution in [-0.2, 0) is 9.53 Å². The van der Waals surface area contributed by atoms with Gasteiger partial charge in [-0.15, -0.1) is 0 Å². The Hall–Kier alpha value is -2.70. The minimum atomic E-state index is -0.789. The van der Waals surface area contributed by atoms with Gasteiger partial charge in [0.05, 0.1) is 18.6 Å². The van der Waals surface area contributed by atoms with Crippen molar-refractivity contribution in [2.75, 3.05) is 19.8 Å². The lowest BCUT2D eigenvalue weighted by Crippen LogP contribution is -2.15. The highest BCUT2D eigenvalue weighted by Crippen LogP contribution is 2.35. The van der Waals surface area contributed by atoms with E-state index >= 15 is 0 Å². The van der Waals surface area contributed by atoms with Crippen LogP contribution in [0.15, 0.2) is 27.4 Å². The fourth-order valence-corrected chi connectivity index (χ4v) is 2.80. The molecule has 0 saturated heterocycles. The van der Waals surface area contributed by atoms with E-state index in [-0.39, 0.29) is 41.4 Å². The average Bonchev–Trinajstić information content (AvgIpc) is 2.68. The van der Waals surface area contributed by atoms with Crippen molar-refractivity contribution in [2.45, 2.75) is 52.4 Å². The normalized spacial score (nSPS) is 10.8. The van der Waals surface area contributed by atoms with Crippen LogP contribution >= 0.6 is 0 Å². The number of unbranched alkanes of at least 4 members (excludes halogenated alkanes) is 5. The van der Waals surface area contributed by atoms with Crippen molar-refractivity contribution in [1.29, 1.82) is 0 Å². The summed E-state index contributed by atoms with van der Waals surface area (Å²) in [5.74, 6) is -0.868. The molecule has 7 nitrogen and oxygen atoms in total. The molecule has 1 aromatic carbocycles. The molecule has 0 amide bonds. The summed E-state index contributed by atoms with van der Waals surface area (Å²) in [6, 6.07) is 4.75. The molecular weight excluding hydrogens is 364 g/mol. The lowest BCUT2D eigenvalue weighted by molar-refractivity contribution is -0.145. The largest absolute Gasteiger partial charge is 0.504 e. The molecule has 0 spiro atoms. The third-order valence-corrected chi connectivity index (χ3v) is 4.22. The van der Waals surface area contributed by atoms with Gasteiger partial charge in [0.2, 0.25) is 5.75 Å². The van der Waals surface area contributed by atoms with E-state index in [9.17, 15) is 14.7 Å². The van der Waals surface area contributed by atoms with Crippen LogP contribution in [0.3, 0.4) is 0 Å². The van der Waals surface area contributed by atoms with E-state index in [1.807, 2.05) is 0 Å². The van der Waals surface area contributed by atoms with Gasteiger partial charge in [-0.05, 0) is 25.5 Å². The van der Waals surface area contributed by atoms with Crippen LogP contribution in [0.4, 0.5) is 0 Å². The Morgan fingerprint density at radius 2 is 1.82 bits per heavy atom. The van der Waals surface area contributed by atoms with E-state index < -0.39 is 11.6 Å². The van der Waals surface area contributed by atoms with Gasteiger partial charge >= 0.3 is 11.6 Å². The number of carbonyl (C=O) groups excluding carboxylic acids is 1. The first kappa shape index (κ1) is 21.6. The Morgan fingerprint density at radius 1 is 1.07 bits per heavy atom. The molecule has 0 aliphatic rings. The van der Waals surface area contributed by atoms with Crippen LogP contribution in [0.25, 0.3) is 11.0 Å². The fraction of sp³-hybridized carbons (Fsp3) is 0.524. The van der Waals surface area contributed by atoms with Crippen LogP contribution in [0.2, 0.25) is 0 Å². The Morgan fingerprint density at radius 3 is 2.57 bits per heavy atom. The van der Waals surface area contributed by atoms with Crippen LogP contribution in [-0.4, -0.2) is 30.9 Å². The molecule has 0 saturated carbocycles. The number of hydrogen-bond donors (Lipinski definition) is 1. The lowest BCUT2D eigenvalue weighted by atomic mass is 10.1. The molecule has 1 N–H and O–H groups in total. The van der Waals surface area contributed by atoms with Crippen LogP contribution < -0.4 is 15.1 Å². The molecule has 28 heavy (non-hydrogen) atoms. The Labute approximate surface area is 164 Å². The molecule has 0 bridgehead atoms. The van der Waals surface area contributed by atoms with Gasteiger partial charge in [-0.3, -0.25) is 0 Å². The van der Waals surface area contributed by atoms with Crippen molar-refractivity contribution in [3.8, 4) is 17.2 Å². The fourth-order valence-electron chi connectivity index (χ4n) is 2.80. The van der Waals surface area contributed by atoms with Crippen molar-refractivity contribution in [3.05, 3.63) is 28.6 Å². The lowest BCUT2D eigenvalue weighted by Gasteiger charge is -2.11. The van der Waals surface area contributed by atoms with Gasteiger partial charge in [-0.2, -0.15) is 0 Å². The number of carbonyl (C=O) groups is 1. The number of ether oxygens (including phenoxy) is 3. The van der Waals surface area contributed by atoms with Crippen molar-refractivity contribution >= 4 is 16.9 Å². The molecule has 0 unspecified atom stereocenters. The molecule has 1 heterocycles. The molecular formula is C21H28O7. The number of benzene rings is 1. The van der Waals surface area contributed by atoms with Crippen molar-refractivity contribution in [1.82, 2.24) is 0 Å². The van der Waals surface area contributed by atoms with Gasteiger partial charge < -0.3 is 23.7 Å². The average molecular weight is 392 g/mol. The summed E-state index contributed by atoms with van der Waals surface area (Å²) in [5.41, 5.74) is -0.732. The predicted molar refractivity (Wildman–Crippen MR) is 105 cm³/mol. The first-order chi connectivity index (χ1) is 13.6. The smallest absolute Gasteiger partial charge is 0.383 e. The van der Waals surface area contributed by atoms with Gasteiger partial charge in [0.15, 0.2) is 23.7 Å². The summed E-state index contributed by atoms with van der Waals surface area (Å²) >= 11 is 0. The van der Waals surface area contributed by atoms with E-state index in [0.29, 0.717) is 6.61 Å². The Balaban J connectivity index is 2.07. The number of para-hydroxylation sites is 1. The summed E-state index contributed by atoms with van der Waals surface area (Å²) in [6.45, 7) is 4.10. The van der Waals surface area contributed by atoms with E-state index in [1.165, 1.54) is 19.3 Å². The quantitative estimate of drug-likeness (QED) is 0.329.